The highest BCUT2D eigenvalue weighted by molar-refractivity contribution is 6.32. The van der Waals surface area contributed by atoms with Crippen LogP contribution in [0.25, 0.3) is 0 Å². The number of benzene rings is 1. The van der Waals surface area contributed by atoms with Gasteiger partial charge in [0, 0.05) is 13.1 Å². The van der Waals surface area contributed by atoms with Gasteiger partial charge in [-0.2, -0.15) is 13.2 Å². The van der Waals surface area contributed by atoms with Crippen molar-refractivity contribution in [3.05, 3.63) is 34.3 Å². The lowest BCUT2D eigenvalue weighted by atomic mass is 10.1. The maximum Gasteiger partial charge on any atom is 0.417 e. The van der Waals surface area contributed by atoms with Crippen LogP contribution in [0.1, 0.15) is 11.1 Å². The van der Waals surface area contributed by atoms with Gasteiger partial charge in [-0.3, -0.25) is 0 Å². The second-order valence-electron chi connectivity index (χ2n) is 3.57. The Kier molecular flexibility index (Phi) is 5.41. The van der Waals surface area contributed by atoms with E-state index in [9.17, 15) is 22.4 Å². The van der Waals surface area contributed by atoms with E-state index in [2.05, 4.69) is 10.6 Å². The molecule has 0 aliphatic rings. The molecular weight excluding hydrogens is 288 g/mol. The minimum Gasteiger partial charge on any atom is -0.336 e. The number of carbonyl (C=O) groups is 1. The molecule has 0 atom stereocenters. The summed E-state index contributed by atoms with van der Waals surface area (Å²) in [5.41, 5.74) is -0.829. The number of halogens is 5. The quantitative estimate of drug-likeness (QED) is 0.824. The molecule has 1 rings (SSSR count). The van der Waals surface area contributed by atoms with Crippen molar-refractivity contribution in [3.63, 3.8) is 0 Å². The van der Waals surface area contributed by atoms with Crippen LogP contribution in [0.4, 0.5) is 22.4 Å². The first-order valence-electron chi connectivity index (χ1n) is 5.28. The first kappa shape index (κ1) is 15.6. The lowest BCUT2D eigenvalue weighted by Gasteiger charge is -2.13. The summed E-state index contributed by atoms with van der Waals surface area (Å²) in [4.78, 5) is 11.1. The van der Waals surface area contributed by atoms with Crippen molar-refractivity contribution in [3.8, 4) is 0 Å². The van der Waals surface area contributed by atoms with Crippen molar-refractivity contribution in [2.75, 3.05) is 13.2 Å². The van der Waals surface area contributed by atoms with Crippen LogP contribution in [0.5, 0.6) is 0 Å². The number of carbonyl (C=O) groups excluding carboxylic acids is 1. The summed E-state index contributed by atoms with van der Waals surface area (Å²) in [5.74, 6) is 0. The van der Waals surface area contributed by atoms with Gasteiger partial charge in [-0.1, -0.05) is 23.7 Å². The molecule has 2 N–H and O–H groups in total. The summed E-state index contributed by atoms with van der Waals surface area (Å²) in [6.45, 7) is -1.07. The van der Waals surface area contributed by atoms with Gasteiger partial charge >= 0.3 is 12.2 Å². The molecule has 1 aromatic carbocycles. The van der Waals surface area contributed by atoms with Gasteiger partial charge in [0.25, 0.3) is 0 Å². The first-order valence-corrected chi connectivity index (χ1v) is 5.66. The average Bonchev–Trinajstić information content (AvgIpc) is 2.33. The Morgan fingerprint density at radius 1 is 1.26 bits per heavy atom. The van der Waals surface area contributed by atoms with Crippen molar-refractivity contribution in [1.82, 2.24) is 10.6 Å². The number of rotatable bonds is 4. The Balaban J connectivity index is 2.72. The molecule has 8 heteroatoms. The molecule has 1 aromatic rings. The fourth-order valence-electron chi connectivity index (χ4n) is 1.33. The molecule has 0 aromatic heterocycles. The van der Waals surface area contributed by atoms with E-state index >= 15 is 0 Å². The number of amides is 2. The summed E-state index contributed by atoms with van der Waals surface area (Å²) in [5, 5.41) is 4.00. The van der Waals surface area contributed by atoms with Gasteiger partial charge in [0.1, 0.15) is 6.67 Å². The Morgan fingerprint density at radius 2 is 1.95 bits per heavy atom. The first-order chi connectivity index (χ1) is 8.86. The molecule has 0 fully saturated rings. The topological polar surface area (TPSA) is 41.1 Å². The van der Waals surface area contributed by atoms with Gasteiger partial charge in [-0.25, -0.2) is 9.18 Å². The molecule has 0 spiro atoms. The zero-order chi connectivity index (χ0) is 14.5. The van der Waals surface area contributed by atoms with E-state index in [-0.39, 0.29) is 18.7 Å². The van der Waals surface area contributed by atoms with Crippen LogP contribution < -0.4 is 10.6 Å². The Hall–Kier alpha value is -1.50. The van der Waals surface area contributed by atoms with Gasteiger partial charge in [0.2, 0.25) is 0 Å². The van der Waals surface area contributed by atoms with Gasteiger partial charge in [0.15, 0.2) is 0 Å². The Morgan fingerprint density at radius 3 is 2.53 bits per heavy atom. The van der Waals surface area contributed by atoms with E-state index < -0.39 is 29.5 Å². The highest BCUT2D eigenvalue weighted by atomic mass is 35.5. The third-order valence-electron chi connectivity index (χ3n) is 2.20. The van der Waals surface area contributed by atoms with Crippen LogP contribution in [-0.2, 0) is 12.7 Å². The molecule has 0 saturated heterocycles. The summed E-state index contributed by atoms with van der Waals surface area (Å²) < 4.78 is 49.5. The molecular formula is C11H11ClF4N2O. The van der Waals surface area contributed by atoms with Gasteiger partial charge in [-0.15, -0.1) is 0 Å². The predicted molar refractivity (Wildman–Crippen MR) is 62.7 cm³/mol. The minimum absolute atomic E-state index is 0.131. The fourth-order valence-corrected chi connectivity index (χ4v) is 1.63. The Bertz CT molecular complexity index is 451. The maximum absolute atomic E-state index is 12.6. The molecule has 3 nitrogen and oxygen atoms in total. The van der Waals surface area contributed by atoms with Crippen LogP contribution in [-0.4, -0.2) is 19.3 Å². The van der Waals surface area contributed by atoms with Gasteiger partial charge in [-0.05, 0) is 11.6 Å². The fraction of sp³-hybridized carbons (Fsp3) is 0.364. The summed E-state index contributed by atoms with van der Waals surface area (Å²) in [6, 6.07) is 2.75. The molecule has 0 saturated carbocycles. The van der Waals surface area contributed by atoms with Crippen LogP contribution >= 0.6 is 11.6 Å². The highest BCUT2D eigenvalue weighted by Gasteiger charge is 2.33. The summed E-state index contributed by atoms with van der Waals surface area (Å²) in [6.07, 6.45) is -4.55. The second kappa shape index (κ2) is 6.60. The van der Waals surface area contributed by atoms with Crippen molar-refractivity contribution >= 4 is 17.6 Å². The van der Waals surface area contributed by atoms with E-state index in [0.717, 1.165) is 6.07 Å². The van der Waals surface area contributed by atoms with E-state index in [1.807, 2.05) is 0 Å². The number of hydrogen-bond acceptors (Lipinski definition) is 1. The maximum atomic E-state index is 12.6. The third kappa shape index (κ3) is 4.59. The van der Waals surface area contributed by atoms with Gasteiger partial charge < -0.3 is 10.6 Å². The van der Waals surface area contributed by atoms with E-state index in [1.54, 1.807) is 0 Å². The van der Waals surface area contributed by atoms with Crippen molar-refractivity contribution in [1.29, 1.82) is 0 Å². The minimum atomic E-state index is -4.55. The summed E-state index contributed by atoms with van der Waals surface area (Å²) >= 11 is 5.63. The number of urea groups is 1. The van der Waals surface area contributed by atoms with Crippen LogP contribution in [0.15, 0.2) is 18.2 Å². The van der Waals surface area contributed by atoms with Crippen molar-refractivity contribution < 1.29 is 22.4 Å². The Labute approximate surface area is 111 Å². The third-order valence-corrected chi connectivity index (χ3v) is 2.65. The van der Waals surface area contributed by atoms with Crippen LogP contribution in [0, 0.1) is 0 Å². The van der Waals surface area contributed by atoms with Crippen LogP contribution in [0.2, 0.25) is 5.02 Å². The smallest absolute Gasteiger partial charge is 0.336 e. The number of hydrogen-bond donors (Lipinski definition) is 2. The van der Waals surface area contributed by atoms with Crippen molar-refractivity contribution in [2.24, 2.45) is 0 Å². The predicted octanol–water partition coefficient (Wildman–Crippen LogP) is 3.13. The zero-order valence-corrected chi connectivity index (χ0v) is 10.4. The number of nitrogens with one attached hydrogen (secondary N) is 2. The lowest BCUT2D eigenvalue weighted by Crippen LogP contribution is -2.36. The molecule has 2 amide bonds. The standard InChI is InChI=1S/C11H11ClF4N2O/c12-9-7(6-18-10(19)17-5-4-13)2-1-3-8(9)11(14,15)16/h1-3H,4-6H2,(H2,17,18,19). The average molecular weight is 299 g/mol. The molecule has 0 aliphatic heterocycles. The molecule has 106 valence electrons. The zero-order valence-electron chi connectivity index (χ0n) is 9.65. The van der Waals surface area contributed by atoms with Crippen molar-refractivity contribution in [2.45, 2.75) is 12.7 Å². The number of alkyl halides is 4. The normalized spacial score (nSPS) is 11.2. The molecule has 0 radical (unpaired) electrons. The van der Waals surface area contributed by atoms with E-state index in [1.165, 1.54) is 12.1 Å². The molecule has 0 heterocycles. The highest BCUT2D eigenvalue weighted by Crippen LogP contribution is 2.36. The van der Waals surface area contributed by atoms with E-state index in [0.29, 0.717) is 0 Å². The largest absolute Gasteiger partial charge is 0.417 e. The SMILES string of the molecule is O=C(NCCF)NCc1cccc(C(F)(F)F)c1Cl. The second-order valence-corrected chi connectivity index (χ2v) is 3.95. The molecule has 0 aliphatic carbocycles. The summed E-state index contributed by atoms with van der Waals surface area (Å²) in [7, 11) is 0. The monoisotopic (exact) mass is 298 g/mol. The molecule has 19 heavy (non-hydrogen) atoms. The van der Waals surface area contributed by atoms with Crippen LogP contribution in [0.3, 0.4) is 0 Å². The molecule has 0 unspecified atom stereocenters. The van der Waals surface area contributed by atoms with E-state index in [4.69, 9.17) is 11.6 Å². The van der Waals surface area contributed by atoms with Gasteiger partial charge in [0.05, 0.1) is 10.6 Å². The lowest BCUT2D eigenvalue weighted by molar-refractivity contribution is -0.137. The molecule has 0 bridgehead atoms.